The Morgan fingerprint density at radius 2 is 1.83 bits per heavy atom. The number of hydrogen-bond acceptors (Lipinski definition) is 2. The largest absolute Gasteiger partial charge is 0.481 e. The number of ketones is 1. The van der Waals surface area contributed by atoms with Crippen molar-refractivity contribution in [2.45, 2.75) is 71.1 Å². The molecule has 0 unspecified atom stereocenters. The fourth-order valence-electron chi connectivity index (χ4n) is 2.67. The summed E-state index contributed by atoms with van der Waals surface area (Å²) >= 11 is 0. The molecule has 1 fully saturated rings. The van der Waals surface area contributed by atoms with Crippen molar-refractivity contribution in [3.63, 3.8) is 0 Å². The molecule has 3 heteroatoms. The number of carboxylic acid groups (broad SMARTS) is 1. The van der Waals surface area contributed by atoms with Crippen LogP contribution in [0.25, 0.3) is 0 Å². The van der Waals surface area contributed by atoms with E-state index < -0.39 is 11.9 Å². The lowest BCUT2D eigenvalue weighted by molar-refractivity contribution is -0.150. The van der Waals surface area contributed by atoms with Gasteiger partial charge in [0.1, 0.15) is 5.78 Å². The molecule has 104 valence electrons. The van der Waals surface area contributed by atoms with Gasteiger partial charge in [0.15, 0.2) is 0 Å². The minimum atomic E-state index is -0.779. The minimum absolute atomic E-state index is 0.158. The smallest absolute Gasteiger partial charge is 0.307 e. The van der Waals surface area contributed by atoms with E-state index in [9.17, 15) is 9.59 Å². The van der Waals surface area contributed by atoms with E-state index in [2.05, 4.69) is 6.92 Å². The average molecular weight is 254 g/mol. The molecule has 1 rings (SSSR count). The fourth-order valence-corrected chi connectivity index (χ4v) is 2.67. The molecule has 0 heterocycles. The lowest BCUT2D eigenvalue weighted by Crippen LogP contribution is -2.36. The molecule has 1 aliphatic rings. The molecule has 0 amide bonds. The van der Waals surface area contributed by atoms with Crippen LogP contribution < -0.4 is 0 Å². The van der Waals surface area contributed by atoms with Crippen molar-refractivity contribution in [1.29, 1.82) is 0 Å². The van der Waals surface area contributed by atoms with Crippen LogP contribution in [0.15, 0.2) is 0 Å². The third-order valence-electron chi connectivity index (χ3n) is 4.04. The highest BCUT2D eigenvalue weighted by Gasteiger charge is 2.38. The zero-order chi connectivity index (χ0) is 13.4. The molecule has 1 saturated carbocycles. The molecule has 0 aromatic rings. The fraction of sp³-hybridized carbons (Fsp3) is 0.867. The summed E-state index contributed by atoms with van der Waals surface area (Å²) in [4.78, 5) is 22.5. The van der Waals surface area contributed by atoms with Crippen LogP contribution in [0.1, 0.15) is 71.1 Å². The first kappa shape index (κ1) is 15.2. The second-order valence-corrected chi connectivity index (χ2v) is 5.47. The summed E-state index contributed by atoms with van der Waals surface area (Å²) in [5.74, 6) is -1.21. The number of hydrogen-bond donors (Lipinski definition) is 1. The highest BCUT2D eigenvalue weighted by atomic mass is 16.4. The minimum Gasteiger partial charge on any atom is -0.481 e. The van der Waals surface area contributed by atoms with Gasteiger partial charge in [-0.2, -0.15) is 0 Å². The molecule has 0 saturated heterocycles. The van der Waals surface area contributed by atoms with E-state index in [0.717, 1.165) is 19.3 Å². The first-order valence-electron chi connectivity index (χ1n) is 7.42. The maximum Gasteiger partial charge on any atom is 0.307 e. The summed E-state index contributed by atoms with van der Waals surface area (Å²) in [7, 11) is 0. The van der Waals surface area contributed by atoms with Crippen molar-refractivity contribution in [3.05, 3.63) is 0 Å². The molecular formula is C15H26O3. The number of unbranched alkanes of at least 4 members (excludes halogenated alkanes) is 6. The Morgan fingerprint density at radius 1 is 1.22 bits per heavy atom. The van der Waals surface area contributed by atoms with Gasteiger partial charge in [-0.15, -0.1) is 0 Å². The van der Waals surface area contributed by atoms with Crippen LogP contribution >= 0.6 is 0 Å². The highest BCUT2D eigenvalue weighted by molar-refractivity contribution is 5.90. The third kappa shape index (κ3) is 4.79. The molecule has 0 bridgehead atoms. The van der Waals surface area contributed by atoms with E-state index >= 15 is 0 Å². The molecule has 1 aliphatic carbocycles. The van der Waals surface area contributed by atoms with Gasteiger partial charge in [-0.1, -0.05) is 51.9 Å². The van der Waals surface area contributed by atoms with Gasteiger partial charge in [-0.3, -0.25) is 9.59 Å². The van der Waals surface area contributed by atoms with Crippen LogP contribution in [0.4, 0.5) is 0 Å². The van der Waals surface area contributed by atoms with Crippen LogP contribution in [-0.4, -0.2) is 16.9 Å². The van der Waals surface area contributed by atoms with Crippen LogP contribution in [-0.2, 0) is 9.59 Å². The van der Waals surface area contributed by atoms with E-state index in [1.165, 1.54) is 32.1 Å². The van der Waals surface area contributed by atoms with Gasteiger partial charge in [-0.05, 0) is 12.8 Å². The van der Waals surface area contributed by atoms with Gasteiger partial charge in [0.25, 0.3) is 0 Å². The molecule has 0 radical (unpaired) electrons. The summed E-state index contributed by atoms with van der Waals surface area (Å²) in [5, 5.41) is 9.15. The normalized spacial score (nSPS) is 20.5. The molecule has 0 aromatic heterocycles. The zero-order valence-corrected chi connectivity index (χ0v) is 11.5. The van der Waals surface area contributed by atoms with Gasteiger partial charge >= 0.3 is 5.97 Å². The van der Waals surface area contributed by atoms with Crippen molar-refractivity contribution < 1.29 is 14.7 Å². The molecule has 18 heavy (non-hydrogen) atoms. The number of aliphatic carboxylic acids is 1. The summed E-state index contributed by atoms with van der Waals surface area (Å²) in [6.45, 7) is 2.20. The van der Waals surface area contributed by atoms with Crippen molar-refractivity contribution in [1.82, 2.24) is 0 Å². The van der Waals surface area contributed by atoms with E-state index in [1.54, 1.807) is 0 Å². The number of Topliss-reactive ketones (excluding diaryl/α,β-unsaturated/α-hetero) is 1. The molecule has 1 N–H and O–H groups in total. The SMILES string of the molecule is CCCCCCCCC[C@H](C(=O)O)[C@H]1CCC1=O. The Morgan fingerprint density at radius 3 is 2.28 bits per heavy atom. The Labute approximate surface area is 110 Å². The number of rotatable bonds is 10. The van der Waals surface area contributed by atoms with Gasteiger partial charge in [0.2, 0.25) is 0 Å². The van der Waals surface area contributed by atoms with Crippen LogP contribution in [0, 0.1) is 11.8 Å². The van der Waals surface area contributed by atoms with E-state index in [4.69, 9.17) is 5.11 Å². The van der Waals surface area contributed by atoms with E-state index in [1.807, 2.05) is 0 Å². The first-order chi connectivity index (χ1) is 8.66. The highest BCUT2D eigenvalue weighted by Crippen LogP contribution is 2.33. The second-order valence-electron chi connectivity index (χ2n) is 5.47. The predicted octanol–water partition coefficient (Wildman–Crippen LogP) is 3.81. The van der Waals surface area contributed by atoms with E-state index in [-0.39, 0.29) is 11.7 Å². The van der Waals surface area contributed by atoms with Crippen LogP contribution in [0.5, 0.6) is 0 Å². The van der Waals surface area contributed by atoms with Crippen molar-refractivity contribution in [2.24, 2.45) is 11.8 Å². The van der Waals surface area contributed by atoms with Crippen molar-refractivity contribution >= 4 is 11.8 Å². The topological polar surface area (TPSA) is 54.4 Å². The Hall–Kier alpha value is -0.860. The second kappa shape index (κ2) is 8.28. The predicted molar refractivity (Wildman–Crippen MR) is 71.5 cm³/mol. The molecule has 0 aliphatic heterocycles. The van der Waals surface area contributed by atoms with Crippen molar-refractivity contribution in [3.8, 4) is 0 Å². The van der Waals surface area contributed by atoms with E-state index in [0.29, 0.717) is 12.8 Å². The monoisotopic (exact) mass is 254 g/mol. The number of carbonyl (C=O) groups is 2. The quantitative estimate of drug-likeness (QED) is 0.603. The third-order valence-corrected chi connectivity index (χ3v) is 4.04. The Kier molecular flexibility index (Phi) is 6.99. The molecule has 0 spiro atoms. The Bertz CT molecular complexity index is 273. The standard InChI is InChI=1S/C15H26O3/c1-2-3-4-5-6-7-8-9-13(15(17)18)12-10-11-14(12)16/h12-13H,2-11H2,1H3,(H,17,18)/t12-,13+/m1/s1. The average Bonchev–Trinajstić information content (AvgIpc) is 2.34. The van der Waals surface area contributed by atoms with Gasteiger partial charge < -0.3 is 5.11 Å². The molecular weight excluding hydrogens is 228 g/mol. The lowest BCUT2D eigenvalue weighted by Gasteiger charge is -2.29. The Balaban J connectivity index is 2.11. The molecule has 3 nitrogen and oxygen atoms in total. The number of carbonyl (C=O) groups excluding carboxylic acids is 1. The van der Waals surface area contributed by atoms with Gasteiger partial charge in [0.05, 0.1) is 5.92 Å². The maximum atomic E-state index is 11.3. The summed E-state index contributed by atoms with van der Waals surface area (Å²) in [5.41, 5.74) is 0. The molecule has 2 atom stereocenters. The van der Waals surface area contributed by atoms with Crippen LogP contribution in [0.2, 0.25) is 0 Å². The maximum absolute atomic E-state index is 11.3. The summed E-state index contributed by atoms with van der Waals surface area (Å²) < 4.78 is 0. The van der Waals surface area contributed by atoms with Crippen LogP contribution in [0.3, 0.4) is 0 Å². The van der Waals surface area contributed by atoms with Crippen molar-refractivity contribution in [2.75, 3.05) is 0 Å². The van der Waals surface area contributed by atoms with Gasteiger partial charge in [0, 0.05) is 12.3 Å². The lowest BCUT2D eigenvalue weighted by atomic mass is 9.73. The van der Waals surface area contributed by atoms with Gasteiger partial charge in [-0.25, -0.2) is 0 Å². The number of carboxylic acids is 1. The zero-order valence-electron chi connectivity index (χ0n) is 11.5. The first-order valence-corrected chi connectivity index (χ1v) is 7.42. The summed E-state index contributed by atoms with van der Waals surface area (Å²) in [6, 6.07) is 0. The molecule has 0 aromatic carbocycles. The summed E-state index contributed by atoms with van der Waals surface area (Å²) in [6.07, 6.45) is 10.4.